The third-order valence-corrected chi connectivity index (χ3v) is 5.35. The van der Waals surface area contributed by atoms with Gasteiger partial charge in [0.05, 0.1) is 5.52 Å². The summed E-state index contributed by atoms with van der Waals surface area (Å²) in [4.78, 5) is 33.5. The Morgan fingerprint density at radius 3 is 2.88 bits per heavy atom. The summed E-state index contributed by atoms with van der Waals surface area (Å²) in [6, 6.07) is 9.49. The van der Waals surface area contributed by atoms with Crippen LogP contribution in [0.3, 0.4) is 0 Å². The normalized spacial score (nSPS) is 24.0. The van der Waals surface area contributed by atoms with Gasteiger partial charge in [-0.3, -0.25) is 19.5 Å². The number of rotatable bonds is 3. The van der Waals surface area contributed by atoms with Gasteiger partial charge in [-0.15, -0.1) is 0 Å². The zero-order valence-corrected chi connectivity index (χ0v) is 15.2. The fourth-order valence-corrected chi connectivity index (χ4v) is 3.89. The number of hydrogen-bond donors (Lipinski definition) is 1. The maximum Gasteiger partial charge on any atom is 0.246 e. The molecule has 26 heavy (non-hydrogen) atoms. The van der Waals surface area contributed by atoms with Gasteiger partial charge in [-0.1, -0.05) is 26.0 Å². The van der Waals surface area contributed by atoms with Crippen LogP contribution in [0.15, 0.2) is 36.5 Å². The van der Waals surface area contributed by atoms with Gasteiger partial charge in [0.1, 0.15) is 12.1 Å². The minimum absolute atomic E-state index is 0.0317. The van der Waals surface area contributed by atoms with E-state index in [9.17, 15) is 9.59 Å². The molecular weight excluding hydrogens is 328 g/mol. The molecule has 6 nitrogen and oxygen atoms in total. The van der Waals surface area contributed by atoms with Gasteiger partial charge >= 0.3 is 0 Å². The minimum atomic E-state index is -0.390. The maximum absolute atomic E-state index is 12.6. The third-order valence-electron chi connectivity index (χ3n) is 5.35. The highest BCUT2D eigenvalue weighted by atomic mass is 16.2. The molecule has 0 aliphatic carbocycles. The van der Waals surface area contributed by atoms with Crippen LogP contribution in [0.1, 0.15) is 19.4 Å². The van der Waals surface area contributed by atoms with Gasteiger partial charge in [0.2, 0.25) is 11.8 Å². The molecule has 0 bridgehead atoms. The van der Waals surface area contributed by atoms with Crippen molar-refractivity contribution in [3.8, 4) is 0 Å². The summed E-state index contributed by atoms with van der Waals surface area (Å²) in [6.07, 6.45) is 1.80. The van der Waals surface area contributed by atoms with E-state index in [2.05, 4.69) is 33.4 Å². The first kappa shape index (κ1) is 17.0. The number of carbonyl (C=O) groups excluding carboxylic acids is 2. The van der Waals surface area contributed by atoms with E-state index < -0.39 is 6.04 Å². The van der Waals surface area contributed by atoms with Crippen LogP contribution in [0.5, 0.6) is 0 Å². The smallest absolute Gasteiger partial charge is 0.246 e. The van der Waals surface area contributed by atoms with Crippen LogP contribution in [0, 0.1) is 5.92 Å². The second-order valence-electron chi connectivity index (χ2n) is 7.54. The topological polar surface area (TPSA) is 65.5 Å². The standard InChI is InChI=1S/C20H24N4O2/c1-13(2)18-20(26)24-9-8-23(12-17(24)19(25)22-18)11-14-5-6-16-15(10-14)4-3-7-21-16/h3-7,10,13,17-18H,8-9,11-12H2,1-2H3,(H,22,25)/t17-,18+/m1/s1. The van der Waals surface area contributed by atoms with Crippen LogP contribution < -0.4 is 5.32 Å². The van der Waals surface area contributed by atoms with Gasteiger partial charge in [0, 0.05) is 37.8 Å². The number of piperazine rings is 2. The lowest BCUT2D eigenvalue weighted by Gasteiger charge is -2.46. The Morgan fingerprint density at radius 2 is 2.08 bits per heavy atom. The number of benzene rings is 1. The van der Waals surface area contributed by atoms with Crippen molar-refractivity contribution in [3.63, 3.8) is 0 Å². The Kier molecular flexibility index (Phi) is 4.36. The molecule has 1 aromatic heterocycles. The van der Waals surface area contributed by atoms with Crippen LogP contribution in [-0.2, 0) is 16.1 Å². The molecule has 4 rings (SSSR count). The van der Waals surface area contributed by atoms with Crippen molar-refractivity contribution in [2.75, 3.05) is 19.6 Å². The Labute approximate surface area is 153 Å². The van der Waals surface area contributed by atoms with Gasteiger partial charge in [-0.2, -0.15) is 0 Å². The number of nitrogens with one attached hydrogen (secondary N) is 1. The Hall–Kier alpha value is -2.47. The number of amides is 2. The number of pyridine rings is 1. The second-order valence-corrected chi connectivity index (χ2v) is 7.54. The largest absolute Gasteiger partial charge is 0.342 e. The molecule has 2 aliphatic heterocycles. The summed E-state index contributed by atoms with van der Waals surface area (Å²) < 4.78 is 0. The number of aromatic nitrogens is 1. The van der Waals surface area contributed by atoms with Crippen molar-refractivity contribution in [3.05, 3.63) is 42.1 Å². The van der Waals surface area contributed by atoms with Gasteiger partial charge in [0.15, 0.2) is 0 Å². The summed E-state index contributed by atoms with van der Waals surface area (Å²) in [6.45, 7) is 6.67. The average molecular weight is 352 g/mol. The van der Waals surface area contributed by atoms with Gasteiger partial charge in [-0.05, 0) is 29.7 Å². The van der Waals surface area contributed by atoms with Crippen molar-refractivity contribution < 1.29 is 9.59 Å². The van der Waals surface area contributed by atoms with Crippen LogP contribution in [0.2, 0.25) is 0 Å². The first-order valence-corrected chi connectivity index (χ1v) is 9.20. The van der Waals surface area contributed by atoms with E-state index in [0.29, 0.717) is 13.1 Å². The van der Waals surface area contributed by atoms with Crippen molar-refractivity contribution in [2.24, 2.45) is 5.92 Å². The molecule has 0 unspecified atom stereocenters. The summed E-state index contributed by atoms with van der Waals surface area (Å²) in [7, 11) is 0. The summed E-state index contributed by atoms with van der Waals surface area (Å²) in [5, 5.41) is 4.03. The molecule has 0 spiro atoms. The van der Waals surface area contributed by atoms with E-state index in [-0.39, 0.29) is 23.8 Å². The number of carbonyl (C=O) groups is 2. The summed E-state index contributed by atoms with van der Waals surface area (Å²) in [5.41, 5.74) is 2.18. The van der Waals surface area contributed by atoms with E-state index in [4.69, 9.17) is 0 Å². The first-order chi connectivity index (χ1) is 12.5. The lowest BCUT2D eigenvalue weighted by molar-refractivity contribution is -0.154. The highest BCUT2D eigenvalue weighted by Gasteiger charge is 2.44. The summed E-state index contributed by atoms with van der Waals surface area (Å²) >= 11 is 0. The van der Waals surface area contributed by atoms with Gasteiger partial charge < -0.3 is 10.2 Å². The lowest BCUT2D eigenvalue weighted by atomic mass is 9.96. The van der Waals surface area contributed by atoms with E-state index in [1.165, 1.54) is 5.56 Å². The molecule has 0 radical (unpaired) electrons. The molecule has 0 saturated carbocycles. The molecular formula is C20H24N4O2. The number of hydrogen-bond acceptors (Lipinski definition) is 4. The fourth-order valence-electron chi connectivity index (χ4n) is 3.89. The third kappa shape index (κ3) is 3.05. The Bertz CT molecular complexity index is 851. The minimum Gasteiger partial charge on any atom is -0.342 e. The molecule has 2 fully saturated rings. The first-order valence-electron chi connectivity index (χ1n) is 9.20. The van der Waals surface area contributed by atoms with Crippen LogP contribution in [-0.4, -0.2) is 58.3 Å². The van der Waals surface area contributed by atoms with Crippen molar-refractivity contribution in [1.82, 2.24) is 20.1 Å². The van der Waals surface area contributed by atoms with Crippen molar-refractivity contribution in [1.29, 1.82) is 0 Å². The molecule has 2 amide bonds. The molecule has 6 heteroatoms. The average Bonchev–Trinajstić information content (AvgIpc) is 2.64. The van der Waals surface area contributed by atoms with E-state index >= 15 is 0 Å². The predicted octanol–water partition coefficient (Wildman–Crippen LogP) is 1.40. The van der Waals surface area contributed by atoms with E-state index in [1.54, 1.807) is 11.1 Å². The molecule has 136 valence electrons. The number of fused-ring (bicyclic) bond motifs is 2. The molecule has 2 saturated heterocycles. The lowest BCUT2D eigenvalue weighted by Crippen LogP contribution is -2.70. The molecule has 2 aliphatic rings. The van der Waals surface area contributed by atoms with Crippen LogP contribution in [0.4, 0.5) is 0 Å². The van der Waals surface area contributed by atoms with E-state index in [0.717, 1.165) is 24.0 Å². The summed E-state index contributed by atoms with van der Waals surface area (Å²) in [5.74, 6) is 0.133. The maximum atomic E-state index is 12.6. The van der Waals surface area contributed by atoms with Crippen molar-refractivity contribution in [2.45, 2.75) is 32.5 Å². The molecule has 1 N–H and O–H groups in total. The van der Waals surface area contributed by atoms with Crippen molar-refractivity contribution >= 4 is 22.7 Å². The van der Waals surface area contributed by atoms with E-state index in [1.807, 2.05) is 26.0 Å². The molecule has 1 aromatic carbocycles. The molecule has 3 heterocycles. The van der Waals surface area contributed by atoms with Gasteiger partial charge in [0.25, 0.3) is 0 Å². The zero-order chi connectivity index (χ0) is 18.3. The highest BCUT2D eigenvalue weighted by molar-refractivity contribution is 5.97. The SMILES string of the molecule is CC(C)[C@@H]1NC(=O)[C@H]2CN(Cc3ccc4ncccc4c3)CCN2C1=O. The van der Waals surface area contributed by atoms with Crippen LogP contribution >= 0.6 is 0 Å². The Balaban J connectivity index is 1.47. The molecule has 2 aromatic rings. The highest BCUT2D eigenvalue weighted by Crippen LogP contribution is 2.21. The second kappa shape index (κ2) is 6.68. The monoisotopic (exact) mass is 352 g/mol. The predicted molar refractivity (Wildman–Crippen MR) is 99.3 cm³/mol. The number of nitrogens with zero attached hydrogens (tertiary/aromatic N) is 3. The molecule has 2 atom stereocenters. The quantitative estimate of drug-likeness (QED) is 0.907. The van der Waals surface area contributed by atoms with Gasteiger partial charge in [-0.25, -0.2) is 0 Å². The Morgan fingerprint density at radius 1 is 1.23 bits per heavy atom. The zero-order valence-electron chi connectivity index (χ0n) is 15.2. The fraction of sp³-hybridized carbons (Fsp3) is 0.450. The van der Waals surface area contributed by atoms with Crippen LogP contribution in [0.25, 0.3) is 10.9 Å².